The van der Waals surface area contributed by atoms with Crippen molar-refractivity contribution in [2.75, 3.05) is 26.7 Å². The Hall–Kier alpha value is -0.860. The zero-order valence-corrected chi connectivity index (χ0v) is 14.7. The number of benzene rings is 1. The molecule has 1 aliphatic rings. The Morgan fingerprint density at radius 1 is 1.14 bits per heavy atom. The zero-order chi connectivity index (χ0) is 15.6. The van der Waals surface area contributed by atoms with Crippen molar-refractivity contribution in [1.29, 1.82) is 0 Å². The molecule has 2 nitrogen and oxygen atoms in total. The molecule has 3 atom stereocenters. The van der Waals surface area contributed by atoms with Crippen molar-refractivity contribution in [1.82, 2.24) is 10.2 Å². The number of rotatable bonds is 4. The lowest BCUT2D eigenvalue weighted by molar-refractivity contribution is 0.128. The summed E-state index contributed by atoms with van der Waals surface area (Å²) >= 11 is 0. The van der Waals surface area contributed by atoms with Crippen molar-refractivity contribution in [3.63, 3.8) is 0 Å². The van der Waals surface area contributed by atoms with Gasteiger partial charge in [-0.05, 0) is 69.3 Å². The summed E-state index contributed by atoms with van der Waals surface area (Å²) in [5, 5.41) is 3.55. The number of nitrogens with one attached hydrogen (secondary N) is 1. The van der Waals surface area contributed by atoms with Crippen LogP contribution in [0.5, 0.6) is 0 Å². The van der Waals surface area contributed by atoms with Crippen LogP contribution in [0, 0.1) is 32.6 Å². The van der Waals surface area contributed by atoms with Crippen molar-refractivity contribution in [2.45, 2.75) is 47.1 Å². The van der Waals surface area contributed by atoms with Gasteiger partial charge in [-0.15, -0.1) is 0 Å². The van der Waals surface area contributed by atoms with Crippen LogP contribution in [0.15, 0.2) is 12.1 Å². The maximum atomic E-state index is 3.55. The second-order valence-electron chi connectivity index (χ2n) is 7.16. The second-order valence-corrected chi connectivity index (χ2v) is 7.16. The highest BCUT2D eigenvalue weighted by Crippen LogP contribution is 2.27. The average Bonchev–Trinajstić information content (AvgIpc) is 2.40. The summed E-state index contributed by atoms with van der Waals surface area (Å²) in [5.41, 5.74) is 5.70. The minimum atomic E-state index is 0.436. The molecule has 1 aromatic carbocycles. The molecule has 0 radical (unpaired) electrons. The third kappa shape index (κ3) is 3.87. The van der Waals surface area contributed by atoms with Crippen LogP contribution in [0.4, 0.5) is 0 Å². The molecule has 0 spiro atoms. The molecule has 2 heteroatoms. The van der Waals surface area contributed by atoms with Gasteiger partial charge in [-0.1, -0.05) is 31.5 Å². The highest BCUT2D eigenvalue weighted by atomic mass is 15.2. The monoisotopic (exact) mass is 288 g/mol. The van der Waals surface area contributed by atoms with Gasteiger partial charge in [0.1, 0.15) is 0 Å². The Balaban J connectivity index is 2.14. The number of hydrogen-bond donors (Lipinski definition) is 1. The fourth-order valence-corrected chi connectivity index (χ4v) is 3.84. The van der Waals surface area contributed by atoms with Crippen LogP contribution in [-0.4, -0.2) is 31.6 Å². The molecule has 0 saturated carbocycles. The Bertz CT molecular complexity index is 457. The molecule has 1 N–H and O–H groups in total. The third-order valence-corrected chi connectivity index (χ3v) is 5.29. The Morgan fingerprint density at radius 3 is 2.29 bits per heavy atom. The van der Waals surface area contributed by atoms with E-state index in [2.05, 4.69) is 64.0 Å². The topological polar surface area (TPSA) is 15.3 Å². The number of nitrogens with zero attached hydrogens (tertiary/aromatic N) is 1. The normalized spacial score (nSPS) is 25.0. The summed E-state index contributed by atoms with van der Waals surface area (Å²) in [6, 6.07) is 5.06. The Morgan fingerprint density at radius 2 is 1.76 bits per heavy atom. The van der Waals surface area contributed by atoms with Gasteiger partial charge in [-0.3, -0.25) is 0 Å². The fraction of sp³-hybridized carbons (Fsp3) is 0.684. The van der Waals surface area contributed by atoms with Crippen LogP contribution >= 0.6 is 0 Å². The van der Waals surface area contributed by atoms with E-state index in [4.69, 9.17) is 0 Å². The molecule has 3 unspecified atom stereocenters. The van der Waals surface area contributed by atoms with Crippen molar-refractivity contribution in [2.24, 2.45) is 11.8 Å². The molecule has 1 aromatic rings. The molecule has 0 aromatic heterocycles. The van der Waals surface area contributed by atoms with Crippen LogP contribution in [0.25, 0.3) is 0 Å². The van der Waals surface area contributed by atoms with Gasteiger partial charge in [-0.2, -0.15) is 0 Å². The van der Waals surface area contributed by atoms with Gasteiger partial charge in [0.25, 0.3) is 0 Å². The summed E-state index contributed by atoms with van der Waals surface area (Å²) in [6.07, 6.45) is 1.34. The predicted molar refractivity (Wildman–Crippen MR) is 91.8 cm³/mol. The van der Waals surface area contributed by atoms with Gasteiger partial charge in [0.05, 0.1) is 0 Å². The molecule has 2 rings (SSSR count). The van der Waals surface area contributed by atoms with Crippen molar-refractivity contribution in [3.8, 4) is 0 Å². The molecule has 0 aliphatic carbocycles. The molecule has 1 fully saturated rings. The molecule has 0 amide bonds. The van der Waals surface area contributed by atoms with Gasteiger partial charge < -0.3 is 10.2 Å². The fourth-order valence-electron chi connectivity index (χ4n) is 3.84. The van der Waals surface area contributed by atoms with E-state index < -0.39 is 0 Å². The van der Waals surface area contributed by atoms with E-state index in [1.165, 1.54) is 41.8 Å². The highest BCUT2D eigenvalue weighted by Gasteiger charge is 2.25. The molecular weight excluding hydrogens is 256 g/mol. The quantitative estimate of drug-likeness (QED) is 0.905. The van der Waals surface area contributed by atoms with E-state index >= 15 is 0 Å². The summed E-state index contributed by atoms with van der Waals surface area (Å²) in [5.74, 6) is 1.69. The van der Waals surface area contributed by atoms with Crippen molar-refractivity contribution < 1.29 is 0 Å². The second kappa shape index (κ2) is 6.93. The van der Waals surface area contributed by atoms with Crippen LogP contribution in [0.1, 0.15) is 48.6 Å². The number of piperidine rings is 1. The van der Waals surface area contributed by atoms with Crippen LogP contribution in [-0.2, 0) is 0 Å². The number of likely N-dealkylation sites (tertiary alicyclic amines) is 1. The van der Waals surface area contributed by atoms with Crippen LogP contribution < -0.4 is 5.32 Å². The van der Waals surface area contributed by atoms with Crippen LogP contribution in [0.2, 0.25) is 0 Å². The maximum Gasteiger partial charge on any atom is 0.0452 e. The smallest absolute Gasteiger partial charge is 0.0452 e. The van der Waals surface area contributed by atoms with Crippen molar-refractivity contribution in [3.05, 3.63) is 34.4 Å². The number of hydrogen-bond acceptors (Lipinski definition) is 2. The Kier molecular flexibility index (Phi) is 5.45. The molecule has 1 aliphatic heterocycles. The minimum Gasteiger partial charge on any atom is -0.312 e. The minimum absolute atomic E-state index is 0.436. The molecule has 1 heterocycles. The molecular formula is C19H32N2. The third-order valence-electron chi connectivity index (χ3n) is 5.29. The Labute approximate surface area is 130 Å². The van der Waals surface area contributed by atoms with Gasteiger partial charge >= 0.3 is 0 Å². The zero-order valence-electron chi connectivity index (χ0n) is 14.7. The largest absolute Gasteiger partial charge is 0.312 e. The van der Waals surface area contributed by atoms with Gasteiger partial charge in [-0.25, -0.2) is 0 Å². The highest BCUT2D eigenvalue weighted by molar-refractivity contribution is 5.39. The first-order valence-corrected chi connectivity index (χ1v) is 8.39. The van der Waals surface area contributed by atoms with Gasteiger partial charge in [0.2, 0.25) is 0 Å². The van der Waals surface area contributed by atoms with E-state index in [1.807, 2.05) is 0 Å². The first kappa shape index (κ1) is 16.5. The SMILES string of the molecule is CNC(CN1CCC(C)C(C)C1)c1c(C)cc(C)cc1C. The molecule has 0 bridgehead atoms. The van der Waals surface area contributed by atoms with Gasteiger partial charge in [0.15, 0.2) is 0 Å². The first-order valence-electron chi connectivity index (χ1n) is 8.39. The first-order chi connectivity index (χ1) is 9.92. The maximum absolute atomic E-state index is 3.55. The van der Waals surface area contributed by atoms with E-state index in [0.29, 0.717) is 6.04 Å². The summed E-state index contributed by atoms with van der Waals surface area (Å²) < 4.78 is 0. The number of aryl methyl sites for hydroxylation is 3. The molecule has 21 heavy (non-hydrogen) atoms. The predicted octanol–water partition coefficient (Wildman–Crippen LogP) is 3.85. The summed E-state index contributed by atoms with van der Waals surface area (Å²) in [6.45, 7) is 15.1. The standard InChI is InChI=1S/C19H32N2/c1-13-9-15(3)19(16(4)10-13)18(20-6)12-21-8-7-14(2)17(5)11-21/h9-10,14,17-18,20H,7-8,11-12H2,1-6H3. The lowest BCUT2D eigenvalue weighted by Crippen LogP contribution is -2.42. The lowest BCUT2D eigenvalue weighted by atomic mass is 9.87. The summed E-state index contributed by atoms with van der Waals surface area (Å²) in [4.78, 5) is 2.64. The number of likely N-dealkylation sites (N-methyl/N-ethyl adjacent to an activating group) is 1. The van der Waals surface area contributed by atoms with E-state index in [-0.39, 0.29) is 0 Å². The van der Waals surface area contributed by atoms with Crippen LogP contribution in [0.3, 0.4) is 0 Å². The van der Waals surface area contributed by atoms with E-state index in [1.54, 1.807) is 0 Å². The molecule has 118 valence electrons. The average molecular weight is 288 g/mol. The van der Waals surface area contributed by atoms with E-state index in [9.17, 15) is 0 Å². The lowest BCUT2D eigenvalue weighted by Gasteiger charge is -2.37. The van der Waals surface area contributed by atoms with Gasteiger partial charge in [0, 0.05) is 19.1 Å². The molecule has 1 saturated heterocycles. The summed E-state index contributed by atoms with van der Waals surface area (Å²) in [7, 11) is 2.10. The van der Waals surface area contributed by atoms with Crippen molar-refractivity contribution >= 4 is 0 Å². The van der Waals surface area contributed by atoms with E-state index in [0.717, 1.165) is 18.4 Å².